The molecule has 1 rings (SSSR count). The summed E-state index contributed by atoms with van der Waals surface area (Å²) in [7, 11) is 0. The molecule has 0 spiro atoms. The molecule has 0 aliphatic carbocycles. The van der Waals surface area contributed by atoms with E-state index in [0.29, 0.717) is 3.70 Å². The molecule has 12 heavy (non-hydrogen) atoms. The van der Waals surface area contributed by atoms with Crippen molar-refractivity contribution in [2.75, 3.05) is 0 Å². The Morgan fingerprint density at radius 1 is 1.58 bits per heavy atom. The number of alkyl halides is 2. The predicted octanol–water partition coefficient (Wildman–Crippen LogP) is 2.98. The van der Waals surface area contributed by atoms with Gasteiger partial charge in [0, 0.05) is 0 Å². The summed E-state index contributed by atoms with van der Waals surface area (Å²) in [5.74, 6) is -0.646. The van der Waals surface area contributed by atoms with Crippen molar-refractivity contribution in [2.45, 2.75) is 6.43 Å². The second-order valence-corrected chi connectivity index (χ2v) is 3.47. The van der Waals surface area contributed by atoms with Crippen molar-refractivity contribution in [3.63, 3.8) is 0 Å². The Bertz CT molecular complexity index is 308. The minimum atomic E-state index is -2.81. The van der Waals surface area contributed by atoms with Crippen molar-refractivity contribution in [3.05, 3.63) is 20.5 Å². The summed E-state index contributed by atoms with van der Waals surface area (Å²) in [5, 5.41) is 8.91. The Balaban J connectivity index is 3.28. The SMILES string of the molecule is Oc1c(Cl)cc(I)nc1C(F)F. The summed E-state index contributed by atoms with van der Waals surface area (Å²) in [6.07, 6.45) is -2.81. The van der Waals surface area contributed by atoms with Crippen LogP contribution in [0.3, 0.4) is 0 Å². The molecule has 0 aliphatic rings. The van der Waals surface area contributed by atoms with Crippen molar-refractivity contribution >= 4 is 34.2 Å². The molecule has 1 heterocycles. The number of aromatic hydroxyl groups is 1. The van der Waals surface area contributed by atoms with Crippen LogP contribution in [0.1, 0.15) is 12.1 Å². The summed E-state index contributed by atoms with van der Waals surface area (Å²) >= 11 is 7.18. The molecule has 6 heteroatoms. The Kier molecular flexibility index (Phi) is 3.05. The summed E-state index contributed by atoms with van der Waals surface area (Å²) in [6, 6.07) is 1.31. The summed E-state index contributed by atoms with van der Waals surface area (Å²) < 4.78 is 24.5. The predicted molar refractivity (Wildman–Crippen MR) is 48.6 cm³/mol. The van der Waals surface area contributed by atoms with Crippen molar-refractivity contribution in [2.24, 2.45) is 0 Å². The molecule has 0 amide bonds. The van der Waals surface area contributed by atoms with E-state index in [2.05, 4.69) is 4.98 Å². The lowest BCUT2D eigenvalue weighted by Crippen LogP contribution is -1.93. The van der Waals surface area contributed by atoms with Gasteiger partial charge in [0.15, 0.2) is 11.4 Å². The molecule has 0 radical (unpaired) electrons. The van der Waals surface area contributed by atoms with Crippen molar-refractivity contribution in [1.29, 1.82) is 0 Å². The summed E-state index contributed by atoms with van der Waals surface area (Å²) in [6.45, 7) is 0. The van der Waals surface area contributed by atoms with Crippen LogP contribution in [0.4, 0.5) is 8.78 Å². The van der Waals surface area contributed by atoms with Crippen LogP contribution in [-0.2, 0) is 0 Å². The highest BCUT2D eigenvalue weighted by Gasteiger charge is 2.17. The zero-order valence-electron chi connectivity index (χ0n) is 5.56. The molecule has 1 aromatic heterocycles. The quantitative estimate of drug-likeness (QED) is 0.639. The summed E-state index contributed by atoms with van der Waals surface area (Å²) in [4.78, 5) is 3.44. The Morgan fingerprint density at radius 3 is 2.67 bits per heavy atom. The molecule has 2 nitrogen and oxygen atoms in total. The van der Waals surface area contributed by atoms with Crippen LogP contribution in [-0.4, -0.2) is 10.1 Å². The molecular weight excluding hydrogens is 302 g/mol. The first-order valence-corrected chi connectivity index (χ1v) is 4.31. The summed E-state index contributed by atoms with van der Waals surface area (Å²) in [5.41, 5.74) is -0.674. The lowest BCUT2D eigenvalue weighted by Gasteiger charge is -2.04. The topological polar surface area (TPSA) is 33.1 Å². The van der Waals surface area contributed by atoms with Gasteiger partial charge in [-0.05, 0) is 28.7 Å². The van der Waals surface area contributed by atoms with Gasteiger partial charge in [-0.2, -0.15) is 0 Å². The molecule has 1 aromatic rings. The van der Waals surface area contributed by atoms with Gasteiger partial charge < -0.3 is 5.11 Å². The minimum absolute atomic E-state index is 0.107. The van der Waals surface area contributed by atoms with Gasteiger partial charge >= 0.3 is 0 Å². The van der Waals surface area contributed by atoms with E-state index in [9.17, 15) is 8.78 Å². The third-order valence-electron chi connectivity index (χ3n) is 1.15. The van der Waals surface area contributed by atoms with E-state index in [0.717, 1.165) is 0 Å². The van der Waals surface area contributed by atoms with Crippen LogP contribution < -0.4 is 0 Å². The number of halogens is 4. The zero-order chi connectivity index (χ0) is 9.30. The lowest BCUT2D eigenvalue weighted by atomic mass is 10.3. The second kappa shape index (κ2) is 3.69. The zero-order valence-corrected chi connectivity index (χ0v) is 8.47. The maximum absolute atomic E-state index is 12.1. The first-order valence-electron chi connectivity index (χ1n) is 2.85. The number of nitrogens with zero attached hydrogens (tertiary/aromatic N) is 1. The minimum Gasteiger partial charge on any atom is -0.504 e. The molecule has 0 saturated heterocycles. The van der Waals surface area contributed by atoms with Gasteiger partial charge in [0.05, 0.1) is 5.02 Å². The smallest absolute Gasteiger partial charge is 0.284 e. The Hall–Kier alpha value is -0.170. The van der Waals surface area contributed by atoms with Crippen LogP contribution in [0.5, 0.6) is 5.75 Å². The highest BCUT2D eigenvalue weighted by Crippen LogP contribution is 2.33. The molecular formula is C6H3ClF2INO. The molecule has 0 unspecified atom stereocenters. The van der Waals surface area contributed by atoms with Gasteiger partial charge in [-0.15, -0.1) is 0 Å². The van der Waals surface area contributed by atoms with E-state index in [1.165, 1.54) is 6.07 Å². The van der Waals surface area contributed by atoms with E-state index >= 15 is 0 Å². The average molecular weight is 305 g/mol. The maximum atomic E-state index is 12.1. The number of hydrogen-bond donors (Lipinski definition) is 1. The first-order chi connectivity index (χ1) is 5.52. The average Bonchev–Trinajstić information content (AvgIpc) is 1.96. The molecule has 66 valence electrons. The number of rotatable bonds is 1. The van der Waals surface area contributed by atoms with Gasteiger partial charge in [-0.1, -0.05) is 11.6 Å². The van der Waals surface area contributed by atoms with E-state index in [1.54, 1.807) is 22.6 Å². The van der Waals surface area contributed by atoms with E-state index in [4.69, 9.17) is 16.7 Å². The normalized spacial score (nSPS) is 10.8. The molecule has 0 bridgehead atoms. The van der Waals surface area contributed by atoms with Gasteiger partial charge in [0.25, 0.3) is 6.43 Å². The van der Waals surface area contributed by atoms with Crippen molar-refractivity contribution < 1.29 is 13.9 Å². The third-order valence-corrected chi connectivity index (χ3v) is 1.99. The fourth-order valence-electron chi connectivity index (χ4n) is 0.648. The molecule has 0 fully saturated rings. The van der Waals surface area contributed by atoms with Gasteiger partial charge in [0.1, 0.15) is 3.70 Å². The Labute approximate surface area is 85.7 Å². The maximum Gasteiger partial charge on any atom is 0.284 e. The van der Waals surface area contributed by atoms with Crippen molar-refractivity contribution in [3.8, 4) is 5.75 Å². The van der Waals surface area contributed by atoms with E-state index in [-0.39, 0.29) is 5.02 Å². The standard InChI is InChI=1S/C6H3ClF2INO/c7-2-1-3(10)11-4(5(2)12)6(8)9/h1,6,12H. The fourth-order valence-corrected chi connectivity index (χ4v) is 1.60. The third kappa shape index (κ3) is 1.95. The Morgan fingerprint density at radius 2 is 2.17 bits per heavy atom. The largest absolute Gasteiger partial charge is 0.504 e. The highest BCUT2D eigenvalue weighted by atomic mass is 127. The second-order valence-electron chi connectivity index (χ2n) is 1.96. The van der Waals surface area contributed by atoms with Crippen molar-refractivity contribution in [1.82, 2.24) is 4.98 Å². The molecule has 0 atom stereocenters. The van der Waals surface area contributed by atoms with E-state index in [1.807, 2.05) is 0 Å². The van der Waals surface area contributed by atoms with Gasteiger partial charge in [-0.25, -0.2) is 13.8 Å². The van der Waals surface area contributed by atoms with Crippen LogP contribution in [0.25, 0.3) is 0 Å². The lowest BCUT2D eigenvalue weighted by molar-refractivity contribution is 0.141. The van der Waals surface area contributed by atoms with Crippen LogP contribution in [0.2, 0.25) is 5.02 Å². The van der Waals surface area contributed by atoms with E-state index < -0.39 is 17.9 Å². The molecule has 0 aromatic carbocycles. The molecule has 0 saturated carbocycles. The van der Waals surface area contributed by atoms with Gasteiger partial charge in [0.2, 0.25) is 0 Å². The highest BCUT2D eigenvalue weighted by molar-refractivity contribution is 14.1. The first kappa shape index (κ1) is 9.91. The molecule has 0 aliphatic heterocycles. The molecule has 1 N–H and O–H groups in total. The van der Waals surface area contributed by atoms with Gasteiger partial charge in [-0.3, -0.25) is 0 Å². The number of hydrogen-bond acceptors (Lipinski definition) is 2. The number of aromatic nitrogens is 1. The number of pyridine rings is 1. The monoisotopic (exact) mass is 305 g/mol. The van der Waals surface area contributed by atoms with Crippen LogP contribution >= 0.6 is 34.2 Å². The van der Waals surface area contributed by atoms with Crippen LogP contribution in [0, 0.1) is 3.70 Å². The van der Waals surface area contributed by atoms with Crippen LogP contribution in [0.15, 0.2) is 6.07 Å². The fraction of sp³-hybridized carbons (Fsp3) is 0.167.